The van der Waals surface area contributed by atoms with Crippen LogP contribution in [0.5, 0.6) is 0 Å². The van der Waals surface area contributed by atoms with Crippen LogP contribution in [0.25, 0.3) is 0 Å². The van der Waals surface area contributed by atoms with E-state index in [4.69, 9.17) is 11.6 Å². The highest BCUT2D eigenvalue weighted by Gasteiger charge is 2.03. The fourth-order valence-corrected chi connectivity index (χ4v) is 1.38. The molecule has 0 atom stereocenters. The Bertz CT molecular complexity index is 355. The van der Waals surface area contributed by atoms with E-state index in [1.54, 1.807) is 25.2 Å². The summed E-state index contributed by atoms with van der Waals surface area (Å²) in [6.45, 7) is 1.27. The SMILES string of the molecule is CN(C)C(=O)CCNCc1cccnc1Cl. The second kappa shape index (κ2) is 6.45. The van der Waals surface area contributed by atoms with Gasteiger partial charge in [0.25, 0.3) is 0 Å². The highest BCUT2D eigenvalue weighted by Crippen LogP contribution is 2.10. The number of nitrogens with zero attached hydrogens (tertiary/aromatic N) is 2. The molecule has 0 radical (unpaired) electrons. The summed E-state index contributed by atoms with van der Waals surface area (Å²) in [5.41, 5.74) is 0.946. The van der Waals surface area contributed by atoms with E-state index >= 15 is 0 Å². The van der Waals surface area contributed by atoms with E-state index in [0.717, 1.165) is 5.56 Å². The molecule has 0 bridgehead atoms. The normalized spacial score (nSPS) is 10.2. The standard InChI is InChI=1S/C11H16ClN3O/c1-15(2)10(16)5-7-13-8-9-4-3-6-14-11(9)12/h3-4,6,13H,5,7-8H2,1-2H3. The first-order valence-corrected chi connectivity index (χ1v) is 5.49. The van der Waals surface area contributed by atoms with Gasteiger partial charge >= 0.3 is 0 Å². The second-order valence-electron chi connectivity index (χ2n) is 3.67. The molecule has 0 aliphatic heterocycles. The molecule has 1 heterocycles. The van der Waals surface area contributed by atoms with Gasteiger partial charge in [-0.25, -0.2) is 4.98 Å². The lowest BCUT2D eigenvalue weighted by molar-refractivity contribution is -0.128. The number of nitrogens with one attached hydrogen (secondary N) is 1. The van der Waals surface area contributed by atoms with Crippen molar-refractivity contribution in [3.8, 4) is 0 Å². The molecule has 1 amide bonds. The Kier molecular flexibility index (Phi) is 5.22. The zero-order valence-corrected chi connectivity index (χ0v) is 10.3. The van der Waals surface area contributed by atoms with Crippen LogP contribution < -0.4 is 5.32 Å². The Morgan fingerprint density at radius 3 is 2.94 bits per heavy atom. The van der Waals surface area contributed by atoms with Gasteiger partial charge in [0, 0.05) is 45.4 Å². The number of aromatic nitrogens is 1. The maximum atomic E-state index is 11.3. The van der Waals surface area contributed by atoms with Crippen molar-refractivity contribution < 1.29 is 4.79 Å². The zero-order valence-electron chi connectivity index (χ0n) is 9.53. The molecule has 1 aromatic rings. The smallest absolute Gasteiger partial charge is 0.223 e. The molecule has 1 N–H and O–H groups in total. The summed E-state index contributed by atoms with van der Waals surface area (Å²) in [5.74, 6) is 0.116. The zero-order chi connectivity index (χ0) is 12.0. The maximum Gasteiger partial charge on any atom is 0.223 e. The van der Waals surface area contributed by atoms with Gasteiger partial charge in [0.15, 0.2) is 0 Å². The van der Waals surface area contributed by atoms with Gasteiger partial charge in [-0.05, 0) is 6.07 Å². The number of hydrogen-bond acceptors (Lipinski definition) is 3. The summed E-state index contributed by atoms with van der Waals surface area (Å²) in [5, 5.41) is 3.66. The Labute approximate surface area is 101 Å². The number of amides is 1. The van der Waals surface area contributed by atoms with Gasteiger partial charge in [-0.1, -0.05) is 17.7 Å². The summed E-state index contributed by atoms with van der Waals surface area (Å²) in [7, 11) is 3.50. The summed E-state index contributed by atoms with van der Waals surface area (Å²) in [4.78, 5) is 16.8. The average Bonchev–Trinajstić information content (AvgIpc) is 2.26. The van der Waals surface area contributed by atoms with Crippen LogP contribution in [0, 0.1) is 0 Å². The minimum Gasteiger partial charge on any atom is -0.349 e. The van der Waals surface area contributed by atoms with Crippen LogP contribution in [-0.2, 0) is 11.3 Å². The van der Waals surface area contributed by atoms with Crippen LogP contribution in [-0.4, -0.2) is 36.4 Å². The van der Waals surface area contributed by atoms with E-state index in [-0.39, 0.29) is 5.91 Å². The number of pyridine rings is 1. The molecule has 0 saturated carbocycles. The van der Waals surface area contributed by atoms with Gasteiger partial charge in [-0.3, -0.25) is 4.79 Å². The molecule has 16 heavy (non-hydrogen) atoms. The van der Waals surface area contributed by atoms with Crippen LogP contribution in [0.15, 0.2) is 18.3 Å². The van der Waals surface area contributed by atoms with Crippen molar-refractivity contribution in [3.63, 3.8) is 0 Å². The molecular formula is C11H16ClN3O. The van der Waals surface area contributed by atoms with E-state index in [1.807, 2.05) is 12.1 Å². The molecule has 88 valence electrons. The topological polar surface area (TPSA) is 45.2 Å². The van der Waals surface area contributed by atoms with Gasteiger partial charge in [0.2, 0.25) is 5.91 Å². The number of carbonyl (C=O) groups is 1. The number of halogens is 1. The van der Waals surface area contributed by atoms with Crippen LogP contribution >= 0.6 is 11.6 Å². The summed E-state index contributed by atoms with van der Waals surface area (Å²) in [6, 6.07) is 3.75. The van der Waals surface area contributed by atoms with Gasteiger partial charge in [-0.2, -0.15) is 0 Å². The van der Waals surface area contributed by atoms with Crippen molar-refractivity contribution >= 4 is 17.5 Å². The first-order chi connectivity index (χ1) is 7.61. The minimum atomic E-state index is 0.116. The third-order valence-corrected chi connectivity index (χ3v) is 2.51. The predicted molar refractivity (Wildman–Crippen MR) is 64.3 cm³/mol. The van der Waals surface area contributed by atoms with Crippen LogP contribution in [0.4, 0.5) is 0 Å². The van der Waals surface area contributed by atoms with Gasteiger partial charge < -0.3 is 10.2 Å². The lowest BCUT2D eigenvalue weighted by Crippen LogP contribution is -2.26. The van der Waals surface area contributed by atoms with Crippen molar-refractivity contribution in [2.45, 2.75) is 13.0 Å². The molecule has 0 aliphatic carbocycles. The fraction of sp³-hybridized carbons (Fsp3) is 0.455. The number of carbonyl (C=O) groups excluding carboxylic acids is 1. The molecule has 0 spiro atoms. The lowest BCUT2D eigenvalue weighted by Gasteiger charge is -2.10. The maximum absolute atomic E-state index is 11.3. The highest BCUT2D eigenvalue weighted by molar-refractivity contribution is 6.30. The predicted octanol–water partition coefficient (Wildman–Crippen LogP) is 1.30. The van der Waals surface area contributed by atoms with Crippen molar-refractivity contribution in [1.82, 2.24) is 15.2 Å². The Morgan fingerprint density at radius 2 is 2.31 bits per heavy atom. The highest BCUT2D eigenvalue weighted by atomic mass is 35.5. The van der Waals surface area contributed by atoms with Gasteiger partial charge in [0.1, 0.15) is 5.15 Å². The molecule has 0 aromatic carbocycles. The number of rotatable bonds is 5. The largest absolute Gasteiger partial charge is 0.349 e. The van der Waals surface area contributed by atoms with Crippen molar-refractivity contribution in [2.75, 3.05) is 20.6 Å². The molecule has 4 nitrogen and oxygen atoms in total. The van der Waals surface area contributed by atoms with Crippen molar-refractivity contribution in [2.24, 2.45) is 0 Å². The Morgan fingerprint density at radius 1 is 1.56 bits per heavy atom. The Balaban J connectivity index is 2.26. The van der Waals surface area contributed by atoms with E-state index in [9.17, 15) is 4.79 Å². The minimum absolute atomic E-state index is 0.116. The van der Waals surface area contributed by atoms with Gasteiger partial charge in [0.05, 0.1) is 0 Å². The average molecular weight is 242 g/mol. The third-order valence-electron chi connectivity index (χ3n) is 2.17. The van der Waals surface area contributed by atoms with E-state index in [0.29, 0.717) is 24.7 Å². The Hall–Kier alpha value is -1.13. The van der Waals surface area contributed by atoms with Crippen LogP contribution in [0.2, 0.25) is 5.15 Å². The summed E-state index contributed by atoms with van der Waals surface area (Å²) in [6.07, 6.45) is 2.15. The van der Waals surface area contributed by atoms with E-state index in [2.05, 4.69) is 10.3 Å². The molecule has 5 heteroatoms. The molecule has 0 saturated heterocycles. The second-order valence-corrected chi connectivity index (χ2v) is 4.03. The first-order valence-electron chi connectivity index (χ1n) is 5.11. The molecule has 1 aromatic heterocycles. The van der Waals surface area contributed by atoms with Crippen molar-refractivity contribution in [3.05, 3.63) is 29.0 Å². The van der Waals surface area contributed by atoms with E-state index in [1.165, 1.54) is 0 Å². The van der Waals surface area contributed by atoms with E-state index < -0.39 is 0 Å². The van der Waals surface area contributed by atoms with Crippen molar-refractivity contribution in [1.29, 1.82) is 0 Å². The molecule has 0 aliphatic rings. The third kappa shape index (κ3) is 4.16. The molecule has 0 unspecified atom stereocenters. The lowest BCUT2D eigenvalue weighted by atomic mass is 10.3. The number of hydrogen-bond donors (Lipinski definition) is 1. The fourth-order valence-electron chi connectivity index (χ4n) is 1.19. The first kappa shape index (κ1) is 12.9. The molecule has 0 fully saturated rings. The van der Waals surface area contributed by atoms with Gasteiger partial charge in [-0.15, -0.1) is 0 Å². The monoisotopic (exact) mass is 241 g/mol. The van der Waals surface area contributed by atoms with Crippen LogP contribution in [0.3, 0.4) is 0 Å². The molecular weight excluding hydrogens is 226 g/mol. The summed E-state index contributed by atoms with van der Waals surface area (Å²) >= 11 is 5.89. The quantitative estimate of drug-likeness (QED) is 0.625. The molecule has 1 rings (SSSR count). The van der Waals surface area contributed by atoms with Crippen LogP contribution in [0.1, 0.15) is 12.0 Å². The summed E-state index contributed by atoms with van der Waals surface area (Å²) < 4.78 is 0.